The van der Waals surface area contributed by atoms with Crippen LogP contribution >= 0.6 is 0 Å². The third kappa shape index (κ3) is 1.96. The van der Waals surface area contributed by atoms with Crippen LogP contribution in [0, 0.1) is 0 Å². The maximum absolute atomic E-state index is 5.66. The lowest BCUT2D eigenvalue weighted by molar-refractivity contribution is 0.292. The Balaban J connectivity index is 2.39. The molecular formula is C8H15OSi. The predicted molar refractivity (Wildman–Crippen MR) is 45.2 cm³/mol. The molecule has 0 spiro atoms. The third-order valence-corrected chi connectivity index (χ3v) is 4.48. The molecule has 2 heteroatoms. The van der Waals surface area contributed by atoms with Gasteiger partial charge >= 0.3 is 0 Å². The van der Waals surface area contributed by atoms with E-state index in [-0.39, 0.29) is 0 Å². The van der Waals surface area contributed by atoms with E-state index in [4.69, 9.17) is 4.43 Å². The smallest absolute Gasteiger partial charge is 0.241 e. The van der Waals surface area contributed by atoms with Crippen molar-refractivity contribution in [3.8, 4) is 0 Å². The van der Waals surface area contributed by atoms with E-state index < -0.39 is 9.04 Å². The first-order valence-corrected chi connectivity index (χ1v) is 5.58. The first-order valence-electron chi connectivity index (χ1n) is 3.96. The second-order valence-electron chi connectivity index (χ2n) is 2.70. The third-order valence-electron chi connectivity index (χ3n) is 1.95. The second kappa shape index (κ2) is 3.94. The molecule has 1 aliphatic heterocycles. The Kier molecular flexibility index (Phi) is 3.16. The molecule has 57 valence electrons. The summed E-state index contributed by atoms with van der Waals surface area (Å²) >= 11 is 0. The van der Waals surface area contributed by atoms with Gasteiger partial charge in [-0.3, -0.25) is 0 Å². The van der Waals surface area contributed by atoms with Crippen LogP contribution in [0.4, 0.5) is 0 Å². The van der Waals surface area contributed by atoms with Crippen LogP contribution in [-0.4, -0.2) is 15.6 Å². The molecule has 0 aromatic carbocycles. The Morgan fingerprint density at radius 3 is 2.80 bits per heavy atom. The van der Waals surface area contributed by atoms with Gasteiger partial charge in [-0.1, -0.05) is 17.7 Å². The van der Waals surface area contributed by atoms with Crippen LogP contribution in [-0.2, 0) is 4.43 Å². The molecule has 1 saturated heterocycles. The summed E-state index contributed by atoms with van der Waals surface area (Å²) in [7, 11) is -0.516. The average Bonchev–Trinajstić information content (AvgIpc) is 2.05. The van der Waals surface area contributed by atoms with Crippen molar-refractivity contribution in [1.29, 1.82) is 0 Å². The van der Waals surface area contributed by atoms with E-state index in [1.165, 1.54) is 24.1 Å². The molecule has 1 heterocycles. The first kappa shape index (κ1) is 8.02. The normalized spacial score (nSPS) is 23.2. The van der Waals surface area contributed by atoms with E-state index >= 15 is 0 Å². The highest BCUT2D eigenvalue weighted by atomic mass is 28.3. The average molecular weight is 155 g/mol. The Labute approximate surface area is 64.8 Å². The fraction of sp³-hybridized carbons (Fsp3) is 0.750. The van der Waals surface area contributed by atoms with Crippen LogP contribution in [0.2, 0.25) is 6.04 Å². The van der Waals surface area contributed by atoms with E-state index in [2.05, 4.69) is 19.9 Å². The predicted octanol–water partition coefficient (Wildman–Crippen LogP) is 2.29. The quantitative estimate of drug-likeness (QED) is 0.528. The summed E-state index contributed by atoms with van der Waals surface area (Å²) < 4.78 is 5.66. The highest BCUT2D eigenvalue weighted by Crippen LogP contribution is 2.16. The molecule has 0 atom stereocenters. The summed E-state index contributed by atoms with van der Waals surface area (Å²) in [6.45, 7) is 5.30. The molecule has 1 fully saturated rings. The van der Waals surface area contributed by atoms with Gasteiger partial charge in [-0.15, -0.1) is 0 Å². The minimum atomic E-state index is -0.516. The summed E-state index contributed by atoms with van der Waals surface area (Å²) in [5.74, 6) is 0. The molecule has 0 saturated carbocycles. The zero-order valence-electron chi connectivity index (χ0n) is 6.81. The van der Waals surface area contributed by atoms with E-state index in [0.717, 1.165) is 6.61 Å². The summed E-state index contributed by atoms with van der Waals surface area (Å²) in [6.07, 6.45) is 4.84. The van der Waals surface area contributed by atoms with Crippen LogP contribution < -0.4 is 0 Å². The number of allylic oxidation sites excluding steroid dienone is 2. The van der Waals surface area contributed by atoms with Gasteiger partial charge in [0.2, 0.25) is 9.04 Å². The van der Waals surface area contributed by atoms with E-state index in [1.54, 1.807) is 0 Å². The topological polar surface area (TPSA) is 9.23 Å². The molecule has 0 bridgehead atoms. The monoisotopic (exact) mass is 155 g/mol. The van der Waals surface area contributed by atoms with Crippen LogP contribution in [0.1, 0.15) is 26.7 Å². The van der Waals surface area contributed by atoms with Crippen LogP contribution in [0.15, 0.2) is 11.3 Å². The molecule has 0 aliphatic carbocycles. The second-order valence-corrected chi connectivity index (χ2v) is 5.12. The Morgan fingerprint density at radius 1 is 1.50 bits per heavy atom. The van der Waals surface area contributed by atoms with Gasteiger partial charge in [0, 0.05) is 6.61 Å². The van der Waals surface area contributed by atoms with Crippen molar-refractivity contribution in [1.82, 2.24) is 0 Å². The van der Waals surface area contributed by atoms with E-state index in [0.29, 0.717) is 0 Å². The molecule has 0 amide bonds. The maximum atomic E-state index is 5.66. The standard InChI is InChI=1S/C8H15OSi/c1-3-8(2)10-7-5-4-6-9-10/h3H,4-7H2,1-2H3/b8-3+. The van der Waals surface area contributed by atoms with Crippen molar-refractivity contribution >= 4 is 9.04 Å². The van der Waals surface area contributed by atoms with Gasteiger partial charge in [0.15, 0.2) is 0 Å². The van der Waals surface area contributed by atoms with Crippen molar-refractivity contribution in [3.05, 3.63) is 11.3 Å². The number of hydrogen-bond acceptors (Lipinski definition) is 1. The molecule has 1 rings (SSSR count). The van der Waals surface area contributed by atoms with Gasteiger partial charge in [-0.25, -0.2) is 0 Å². The highest BCUT2D eigenvalue weighted by molar-refractivity contribution is 6.60. The van der Waals surface area contributed by atoms with Gasteiger partial charge in [0.25, 0.3) is 0 Å². The van der Waals surface area contributed by atoms with Gasteiger partial charge in [-0.2, -0.15) is 0 Å². The summed E-state index contributed by atoms with van der Waals surface area (Å²) in [5, 5.41) is 1.49. The zero-order chi connectivity index (χ0) is 7.40. The van der Waals surface area contributed by atoms with E-state index in [1.807, 2.05) is 0 Å². The molecule has 1 nitrogen and oxygen atoms in total. The van der Waals surface area contributed by atoms with Gasteiger partial charge in [-0.05, 0) is 26.3 Å². The SMILES string of the molecule is C/C=C(\C)[Si]1CCCCO1. The van der Waals surface area contributed by atoms with E-state index in [9.17, 15) is 0 Å². The maximum Gasteiger partial charge on any atom is 0.241 e. The van der Waals surface area contributed by atoms with Crippen molar-refractivity contribution in [2.75, 3.05) is 6.61 Å². The minimum Gasteiger partial charge on any atom is -0.412 e. The fourth-order valence-electron chi connectivity index (χ4n) is 1.13. The molecule has 1 radical (unpaired) electrons. The molecule has 0 aromatic heterocycles. The van der Waals surface area contributed by atoms with Gasteiger partial charge in [0.05, 0.1) is 0 Å². The van der Waals surface area contributed by atoms with Crippen molar-refractivity contribution in [2.45, 2.75) is 32.7 Å². The highest BCUT2D eigenvalue weighted by Gasteiger charge is 2.17. The molecule has 0 N–H and O–H groups in total. The number of hydrogen-bond donors (Lipinski definition) is 0. The number of rotatable bonds is 1. The lowest BCUT2D eigenvalue weighted by atomic mass is 10.4. The lowest BCUT2D eigenvalue weighted by Crippen LogP contribution is -2.24. The van der Waals surface area contributed by atoms with Crippen molar-refractivity contribution < 1.29 is 4.43 Å². The molecular weight excluding hydrogens is 140 g/mol. The summed E-state index contributed by atoms with van der Waals surface area (Å²) in [4.78, 5) is 0. The minimum absolute atomic E-state index is 0.516. The Morgan fingerprint density at radius 2 is 2.30 bits per heavy atom. The largest absolute Gasteiger partial charge is 0.412 e. The zero-order valence-corrected chi connectivity index (χ0v) is 7.81. The van der Waals surface area contributed by atoms with Crippen molar-refractivity contribution in [2.24, 2.45) is 0 Å². The van der Waals surface area contributed by atoms with Crippen LogP contribution in [0.5, 0.6) is 0 Å². The van der Waals surface area contributed by atoms with Crippen molar-refractivity contribution in [3.63, 3.8) is 0 Å². The Hall–Kier alpha value is -0.0831. The van der Waals surface area contributed by atoms with Gasteiger partial charge in [0.1, 0.15) is 0 Å². The van der Waals surface area contributed by atoms with Gasteiger partial charge < -0.3 is 4.43 Å². The van der Waals surface area contributed by atoms with Crippen LogP contribution in [0.3, 0.4) is 0 Å². The summed E-state index contributed by atoms with van der Waals surface area (Å²) in [5.41, 5.74) is 0. The van der Waals surface area contributed by atoms with Crippen LogP contribution in [0.25, 0.3) is 0 Å². The first-order chi connectivity index (χ1) is 4.84. The molecule has 0 unspecified atom stereocenters. The molecule has 0 aromatic rings. The fourth-order valence-corrected chi connectivity index (χ4v) is 3.18. The lowest BCUT2D eigenvalue weighted by Gasteiger charge is -2.20. The Bertz CT molecular complexity index is 125. The molecule has 10 heavy (non-hydrogen) atoms. The summed E-state index contributed by atoms with van der Waals surface area (Å²) in [6, 6.07) is 1.32. The molecule has 1 aliphatic rings.